The molecule has 0 saturated heterocycles. The molecule has 0 aliphatic heterocycles. The van der Waals surface area contributed by atoms with E-state index in [4.69, 9.17) is 9.47 Å². The van der Waals surface area contributed by atoms with Gasteiger partial charge in [-0.3, -0.25) is 9.78 Å². The lowest BCUT2D eigenvalue weighted by Crippen LogP contribution is -2.17. The second kappa shape index (κ2) is 7.21. The van der Waals surface area contributed by atoms with Crippen LogP contribution in [0, 0.1) is 6.92 Å². The van der Waals surface area contributed by atoms with Crippen molar-refractivity contribution in [2.45, 2.75) is 6.92 Å². The van der Waals surface area contributed by atoms with Crippen molar-refractivity contribution < 1.29 is 14.3 Å². The third-order valence-electron chi connectivity index (χ3n) is 3.07. The molecule has 1 amide bonds. The van der Waals surface area contributed by atoms with E-state index in [9.17, 15) is 4.79 Å². The minimum absolute atomic E-state index is 0.317. The van der Waals surface area contributed by atoms with Crippen molar-refractivity contribution in [2.24, 2.45) is 5.10 Å². The van der Waals surface area contributed by atoms with Gasteiger partial charge in [0.2, 0.25) is 0 Å². The van der Waals surface area contributed by atoms with Crippen LogP contribution in [-0.2, 0) is 0 Å². The summed E-state index contributed by atoms with van der Waals surface area (Å²) in [6.45, 7) is 1.92. The van der Waals surface area contributed by atoms with E-state index in [0.29, 0.717) is 17.1 Å². The van der Waals surface area contributed by atoms with Crippen LogP contribution in [0.25, 0.3) is 0 Å². The topological polar surface area (TPSA) is 72.8 Å². The number of nitrogens with one attached hydrogen (secondary N) is 1. The predicted molar refractivity (Wildman–Crippen MR) is 83.6 cm³/mol. The smallest absolute Gasteiger partial charge is 0.272 e. The van der Waals surface area contributed by atoms with E-state index < -0.39 is 0 Å². The van der Waals surface area contributed by atoms with Crippen LogP contribution in [-0.4, -0.2) is 31.3 Å². The molecule has 1 N–H and O–H groups in total. The number of hydrogen-bond acceptors (Lipinski definition) is 5. The van der Waals surface area contributed by atoms with Gasteiger partial charge in [0.05, 0.1) is 26.0 Å². The highest BCUT2D eigenvalue weighted by Crippen LogP contribution is 2.29. The van der Waals surface area contributed by atoms with E-state index in [1.807, 2.05) is 13.0 Å². The second-order valence-electron chi connectivity index (χ2n) is 4.50. The number of rotatable bonds is 5. The van der Waals surface area contributed by atoms with Crippen molar-refractivity contribution in [3.63, 3.8) is 0 Å². The summed E-state index contributed by atoms with van der Waals surface area (Å²) in [6.07, 6.45) is 4.64. The zero-order valence-electron chi connectivity index (χ0n) is 12.7. The highest BCUT2D eigenvalue weighted by Gasteiger charge is 2.07. The van der Waals surface area contributed by atoms with Crippen LogP contribution in [0.1, 0.15) is 21.5 Å². The van der Waals surface area contributed by atoms with Gasteiger partial charge in [-0.2, -0.15) is 5.10 Å². The monoisotopic (exact) mass is 299 g/mol. The molecule has 0 fully saturated rings. The van der Waals surface area contributed by atoms with Crippen molar-refractivity contribution in [2.75, 3.05) is 14.2 Å². The third-order valence-corrected chi connectivity index (χ3v) is 3.07. The van der Waals surface area contributed by atoms with Crippen LogP contribution < -0.4 is 14.9 Å². The first-order valence-corrected chi connectivity index (χ1v) is 6.61. The largest absolute Gasteiger partial charge is 0.493 e. The number of hydrogen-bond donors (Lipinski definition) is 1. The number of benzene rings is 1. The fourth-order valence-electron chi connectivity index (χ4n) is 1.86. The number of nitrogens with zero attached hydrogens (tertiary/aromatic N) is 2. The number of hydrazone groups is 1. The molecule has 1 aromatic heterocycles. The van der Waals surface area contributed by atoms with Crippen LogP contribution in [0.2, 0.25) is 0 Å². The summed E-state index contributed by atoms with van der Waals surface area (Å²) < 4.78 is 10.5. The third kappa shape index (κ3) is 3.60. The number of amides is 1. The van der Waals surface area contributed by atoms with Crippen molar-refractivity contribution in [3.8, 4) is 11.5 Å². The van der Waals surface area contributed by atoms with E-state index >= 15 is 0 Å². The van der Waals surface area contributed by atoms with Crippen LogP contribution >= 0.6 is 0 Å². The molecule has 0 saturated carbocycles. The van der Waals surface area contributed by atoms with Gasteiger partial charge < -0.3 is 9.47 Å². The summed E-state index contributed by atoms with van der Waals surface area (Å²) in [5.41, 5.74) is 4.69. The van der Waals surface area contributed by atoms with Gasteiger partial charge in [-0.25, -0.2) is 5.43 Å². The molecule has 0 aliphatic rings. The Kier molecular flexibility index (Phi) is 5.08. The Morgan fingerprint density at radius 2 is 2.00 bits per heavy atom. The first-order chi connectivity index (χ1) is 10.7. The molecule has 2 aromatic rings. The minimum atomic E-state index is -0.317. The van der Waals surface area contributed by atoms with Gasteiger partial charge in [0.15, 0.2) is 11.5 Å². The zero-order chi connectivity index (χ0) is 15.9. The Labute approximate surface area is 128 Å². The molecule has 1 aromatic carbocycles. The number of ether oxygens (including phenoxy) is 2. The Morgan fingerprint density at radius 1 is 1.27 bits per heavy atom. The average molecular weight is 299 g/mol. The van der Waals surface area contributed by atoms with E-state index in [-0.39, 0.29) is 5.91 Å². The van der Waals surface area contributed by atoms with Crippen LogP contribution in [0.15, 0.2) is 41.8 Å². The Morgan fingerprint density at radius 3 is 2.64 bits per heavy atom. The van der Waals surface area contributed by atoms with Gasteiger partial charge in [-0.1, -0.05) is 0 Å². The normalized spacial score (nSPS) is 10.5. The van der Waals surface area contributed by atoms with Crippen molar-refractivity contribution >= 4 is 12.1 Å². The first kappa shape index (κ1) is 15.5. The van der Waals surface area contributed by atoms with Crippen LogP contribution in [0.3, 0.4) is 0 Å². The average Bonchev–Trinajstić information content (AvgIpc) is 2.56. The van der Waals surface area contributed by atoms with Gasteiger partial charge in [-0.15, -0.1) is 0 Å². The fraction of sp³-hybridized carbons (Fsp3) is 0.188. The SMILES string of the molecule is COc1cc(C)c(/C=N\NC(=O)c2cccnc2)cc1OC. The Hall–Kier alpha value is -2.89. The summed E-state index contributed by atoms with van der Waals surface area (Å²) in [4.78, 5) is 15.7. The molecule has 6 heteroatoms. The number of pyridine rings is 1. The maximum absolute atomic E-state index is 11.8. The van der Waals surface area contributed by atoms with Crippen molar-refractivity contribution in [3.05, 3.63) is 53.3 Å². The van der Waals surface area contributed by atoms with Gasteiger partial charge >= 0.3 is 0 Å². The predicted octanol–water partition coefficient (Wildman–Crippen LogP) is 2.17. The summed E-state index contributed by atoms with van der Waals surface area (Å²) in [7, 11) is 3.15. The molecular formula is C16H17N3O3. The number of carbonyl (C=O) groups is 1. The summed E-state index contributed by atoms with van der Waals surface area (Å²) >= 11 is 0. The maximum Gasteiger partial charge on any atom is 0.272 e. The molecule has 0 spiro atoms. The maximum atomic E-state index is 11.8. The number of methoxy groups -OCH3 is 2. The quantitative estimate of drug-likeness (QED) is 0.678. The highest BCUT2D eigenvalue weighted by molar-refractivity contribution is 5.94. The summed E-state index contributed by atoms with van der Waals surface area (Å²) in [6, 6.07) is 7.01. The standard InChI is InChI=1S/C16H17N3O3/c1-11-7-14(21-2)15(22-3)8-13(11)10-18-19-16(20)12-5-4-6-17-9-12/h4-10H,1-3H3,(H,19,20)/b18-10-. The van der Waals surface area contributed by atoms with Gasteiger partial charge in [0.1, 0.15) is 0 Å². The zero-order valence-corrected chi connectivity index (χ0v) is 12.7. The van der Waals surface area contributed by atoms with Crippen molar-refractivity contribution in [1.29, 1.82) is 0 Å². The summed E-state index contributed by atoms with van der Waals surface area (Å²) in [5.74, 6) is 0.937. The molecule has 6 nitrogen and oxygen atoms in total. The van der Waals surface area contributed by atoms with E-state index in [0.717, 1.165) is 11.1 Å². The molecule has 0 radical (unpaired) electrons. The number of carbonyl (C=O) groups excluding carboxylic acids is 1. The molecule has 114 valence electrons. The molecule has 0 unspecified atom stereocenters. The fourth-order valence-corrected chi connectivity index (χ4v) is 1.86. The van der Waals surface area contributed by atoms with Gasteiger partial charge in [0.25, 0.3) is 5.91 Å². The minimum Gasteiger partial charge on any atom is -0.493 e. The molecule has 0 atom stereocenters. The molecule has 0 aliphatic carbocycles. The lowest BCUT2D eigenvalue weighted by molar-refractivity contribution is 0.0955. The Balaban J connectivity index is 2.12. The van der Waals surface area contributed by atoms with E-state index in [1.165, 1.54) is 6.20 Å². The lowest BCUT2D eigenvalue weighted by Gasteiger charge is -2.10. The Bertz CT molecular complexity index is 685. The molecule has 1 heterocycles. The van der Waals surface area contributed by atoms with Crippen LogP contribution in [0.4, 0.5) is 0 Å². The molecule has 22 heavy (non-hydrogen) atoms. The number of aromatic nitrogens is 1. The first-order valence-electron chi connectivity index (χ1n) is 6.61. The molecular weight excluding hydrogens is 282 g/mol. The highest BCUT2D eigenvalue weighted by atomic mass is 16.5. The second-order valence-corrected chi connectivity index (χ2v) is 4.50. The van der Waals surface area contributed by atoms with E-state index in [2.05, 4.69) is 15.5 Å². The van der Waals surface area contributed by atoms with E-state index in [1.54, 1.807) is 44.8 Å². The lowest BCUT2D eigenvalue weighted by atomic mass is 10.1. The number of aryl methyl sites for hydroxylation is 1. The van der Waals surface area contributed by atoms with Crippen LogP contribution in [0.5, 0.6) is 11.5 Å². The van der Waals surface area contributed by atoms with Gasteiger partial charge in [-0.05, 0) is 36.8 Å². The molecule has 0 bridgehead atoms. The van der Waals surface area contributed by atoms with Crippen molar-refractivity contribution in [1.82, 2.24) is 10.4 Å². The molecule has 2 rings (SSSR count). The summed E-state index contributed by atoms with van der Waals surface area (Å²) in [5, 5.41) is 3.96. The van der Waals surface area contributed by atoms with Gasteiger partial charge in [0, 0.05) is 18.0 Å².